The number of esters is 1. The molecule has 1 aromatic heterocycles. The number of halogens is 1. The molecule has 0 amide bonds. The second-order valence-electron chi connectivity index (χ2n) is 8.80. The van der Waals surface area contributed by atoms with E-state index in [-0.39, 0.29) is 22.8 Å². The van der Waals surface area contributed by atoms with Crippen molar-refractivity contribution in [3.8, 4) is 18.1 Å². The Balaban J connectivity index is 1.84. The minimum absolute atomic E-state index is 0.157. The number of hydrogen-bond donors (Lipinski definition) is 2. The number of aromatic amines is 1. The number of aliphatic hydroxyl groups is 1. The minimum Gasteiger partial charge on any atom is -0.463 e. The van der Waals surface area contributed by atoms with Crippen molar-refractivity contribution in [3.63, 3.8) is 0 Å². The Morgan fingerprint density at radius 3 is 2.62 bits per heavy atom. The van der Waals surface area contributed by atoms with E-state index in [4.69, 9.17) is 37.2 Å². The van der Waals surface area contributed by atoms with Gasteiger partial charge in [0, 0.05) is 12.3 Å². The van der Waals surface area contributed by atoms with Crippen molar-refractivity contribution in [1.29, 1.82) is 0 Å². The molecule has 1 aliphatic rings. The molecule has 2 unspecified atom stereocenters. The van der Waals surface area contributed by atoms with Crippen LogP contribution in [-0.2, 0) is 23.4 Å². The van der Waals surface area contributed by atoms with Gasteiger partial charge in [-0.15, -0.1) is 6.42 Å². The fourth-order valence-corrected chi connectivity index (χ4v) is 5.75. The second kappa shape index (κ2) is 11.7. The zero-order valence-corrected chi connectivity index (χ0v) is 22.1. The maximum Gasteiger partial charge on any atom is 0.380 e. The van der Waals surface area contributed by atoms with Gasteiger partial charge in [-0.25, -0.2) is 8.96 Å². The highest BCUT2D eigenvalue weighted by molar-refractivity contribution is 7.71. The van der Waals surface area contributed by atoms with Crippen molar-refractivity contribution >= 4 is 25.8 Å². The summed E-state index contributed by atoms with van der Waals surface area (Å²) < 4.78 is 52.1. The summed E-state index contributed by atoms with van der Waals surface area (Å²) in [6, 6.07) is 9.22. The number of nitrogens with one attached hydrogen (secondary N) is 1. The van der Waals surface area contributed by atoms with Gasteiger partial charge < -0.3 is 19.1 Å². The van der Waals surface area contributed by atoms with Crippen molar-refractivity contribution in [2.24, 2.45) is 5.92 Å². The zero-order valence-electron chi connectivity index (χ0n) is 20.4. The third-order valence-electron chi connectivity index (χ3n) is 5.44. The van der Waals surface area contributed by atoms with Gasteiger partial charge in [-0.05, 0) is 38.2 Å². The molecule has 2 aromatic rings. The Morgan fingerprint density at radius 1 is 1.35 bits per heavy atom. The maximum atomic E-state index is 15.4. The van der Waals surface area contributed by atoms with E-state index in [9.17, 15) is 19.3 Å². The monoisotopic (exact) mass is 554 g/mol. The van der Waals surface area contributed by atoms with Crippen LogP contribution in [0.25, 0.3) is 0 Å². The third kappa shape index (κ3) is 6.74. The molecule has 0 spiro atoms. The third-order valence-corrected chi connectivity index (χ3v) is 7.78. The quantitative estimate of drug-likeness (QED) is 0.197. The van der Waals surface area contributed by atoms with Gasteiger partial charge in [-0.1, -0.05) is 31.0 Å². The highest BCUT2D eigenvalue weighted by Gasteiger charge is 2.57. The molecule has 0 bridgehead atoms. The highest BCUT2D eigenvalue weighted by Crippen LogP contribution is 2.51. The minimum atomic E-state index is -4.09. The van der Waals surface area contributed by atoms with E-state index in [1.807, 2.05) is 5.92 Å². The predicted molar refractivity (Wildman–Crippen MR) is 134 cm³/mol. The molecule has 200 valence electrons. The van der Waals surface area contributed by atoms with Gasteiger partial charge in [0.15, 0.2) is 17.2 Å². The summed E-state index contributed by atoms with van der Waals surface area (Å²) in [6.07, 6.45) is 0.689. The van der Waals surface area contributed by atoms with E-state index in [1.54, 1.807) is 44.2 Å². The summed E-state index contributed by atoms with van der Waals surface area (Å²) in [4.78, 5) is 26.2. The molecule has 0 radical (unpaired) electrons. The van der Waals surface area contributed by atoms with Crippen LogP contribution in [0, 0.1) is 23.0 Å². The number of alkyl halides is 1. The Labute approximate surface area is 218 Å². The molecular weight excluding hydrogens is 526 g/mol. The average molecular weight is 555 g/mol. The number of H-pyrrole nitrogens is 1. The Hall–Kier alpha value is -2.81. The number of para-hydroxylation sites is 1. The SMILES string of the molecule is C#CC1(O)[C@@H](F)[C@@H](COP(=O)(C[C@@H](C)C(=O)OC(C)C)Oc2ccccc2)O[C@H]1n1ccc(=O)[nH]c1=S. The number of terminal acetylenes is 1. The van der Waals surface area contributed by atoms with Gasteiger partial charge in [0.05, 0.1) is 24.8 Å². The largest absolute Gasteiger partial charge is 0.463 e. The van der Waals surface area contributed by atoms with E-state index in [2.05, 4.69) is 4.98 Å². The molecule has 37 heavy (non-hydrogen) atoms. The van der Waals surface area contributed by atoms with Crippen LogP contribution in [0.2, 0.25) is 0 Å². The van der Waals surface area contributed by atoms with E-state index < -0.39 is 55.8 Å². The van der Waals surface area contributed by atoms with Crippen molar-refractivity contribution in [2.45, 2.75) is 51.0 Å². The summed E-state index contributed by atoms with van der Waals surface area (Å²) in [7, 11) is -4.09. The number of aromatic nitrogens is 2. The first-order valence-electron chi connectivity index (χ1n) is 11.4. The Bertz CT molecular complexity index is 1310. The lowest BCUT2D eigenvalue weighted by Crippen LogP contribution is -2.43. The molecule has 0 aliphatic carbocycles. The maximum absolute atomic E-state index is 15.4. The molecule has 10 nitrogen and oxygen atoms in total. The van der Waals surface area contributed by atoms with Crippen molar-refractivity contribution in [3.05, 3.63) is 57.7 Å². The Morgan fingerprint density at radius 2 is 2.03 bits per heavy atom. The molecule has 1 aromatic carbocycles. The van der Waals surface area contributed by atoms with Crippen LogP contribution in [0.5, 0.6) is 5.75 Å². The van der Waals surface area contributed by atoms with E-state index in [0.29, 0.717) is 0 Å². The number of ether oxygens (including phenoxy) is 2. The first-order chi connectivity index (χ1) is 17.4. The number of nitrogens with zero attached hydrogens (tertiary/aromatic N) is 1. The van der Waals surface area contributed by atoms with Crippen molar-refractivity contribution < 1.29 is 37.4 Å². The van der Waals surface area contributed by atoms with Gasteiger partial charge >= 0.3 is 13.6 Å². The number of hydrogen-bond acceptors (Lipinski definition) is 9. The number of carbonyl (C=O) groups is 1. The summed E-state index contributed by atoms with van der Waals surface area (Å²) in [6.45, 7) is 4.22. The van der Waals surface area contributed by atoms with Crippen molar-refractivity contribution in [2.75, 3.05) is 12.8 Å². The second-order valence-corrected chi connectivity index (χ2v) is 11.2. The fourth-order valence-electron chi connectivity index (χ4n) is 3.63. The topological polar surface area (TPSA) is 129 Å². The number of carbonyl (C=O) groups excluding carboxylic acids is 1. The summed E-state index contributed by atoms with van der Waals surface area (Å²) in [5, 5.41) is 10.9. The molecule has 1 fully saturated rings. The first kappa shape index (κ1) is 28.8. The van der Waals surface area contributed by atoms with Crippen LogP contribution in [0.3, 0.4) is 0 Å². The molecule has 2 heterocycles. The first-order valence-corrected chi connectivity index (χ1v) is 13.5. The molecule has 13 heteroatoms. The number of rotatable bonds is 10. The van der Waals surface area contributed by atoms with Crippen LogP contribution in [0.15, 0.2) is 47.4 Å². The molecule has 6 atom stereocenters. The van der Waals surface area contributed by atoms with E-state index >= 15 is 4.39 Å². The lowest BCUT2D eigenvalue weighted by Gasteiger charge is -2.25. The molecular formula is C24H28FN2O8PS. The fraction of sp³-hybridized carbons (Fsp3) is 0.458. The van der Waals surface area contributed by atoms with Crippen LogP contribution < -0.4 is 10.1 Å². The zero-order chi connectivity index (χ0) is 27.4. The smallest absolute Gasteiger partial charge is 0.380 e. The summed E-state index contributed by atoms with van der Waals surface area (Å²) in [5.41, 5.74) is -2.99. The normalized spacial score (nSPS) is 25.7. The van der Waals surface area contributed by atoms with Crippen LogP contribution in [0.1, 0.15) is 27.0 Å². The van der Waals surface area contributed by atoms with E-state index in [1.165, 1.54) is 13.1 Å². The molecule has 1 saturated heterocycles. The van der Waals surface area contributed by atoms with E-state index in [0.717, 1.165) is 10.6 Å². The van der Waals surface area contributed by atoms with Crippen molar-refractivity contribution in [1.82, 2.24) is 9.55 Å². The Kier molecular flexibility index (Phi) is 9.10. The molecule has 2 N–H and O–H groups in total. The molecule has 3 rings (SSSR count). The highest BCUT2D eigenvalue weighted by atomic mass is 32.1. The molecule has 1 aliphatic heterocycles. The lowest BCUT2D eigenvalue weighted by molar-refractivity contribution is -0.151. The summed E-state index contributed by atoms with van der Waals surface area (Å²) >= 11 is 5.09. The predicted octanol–water partition coefficient (Wildman–Crippen LogP) is 3.38. The van der Waals surface area contributed by atoms with Gasteiger partial charge in [-0.3, -0.25) is 23.7 Å². The standard InChI is InChI=1S/C24H28FN2O8PS/c1-5-24(30)20(25)18(34-22(24)27-12-11-19(28)26-23(27)37)13-32-36(31,35-17-9-7-6-8-10-17)14-16(4)21(29)33-15(2)3/h1,6-12,15-16,18,20,22,30H,13-14H2,2-4H3,(H,26,28,37)/t16-,18-,20+,22-,24?,36?/m1/s1. The van der Waals surface area contributed by atoms with Gasteiger partial charge in [-0.2, -0.15) is 0 Å². The van der Waals surface area contributed by atoms with Gasteiger partial charge in [0.1, 0.15) is 11.9 Å². The lowest BCUT2D eigenvalue weighted by atomic mass is 9.96. The van der Waals surface area contributed by atoms with Gasteiger partial charge in [0.25, 0.3) is 5.56 Å². The summed E-state index contributed by atoms with van der Waals surface area (Å²) in [5.74, 6) is 0.714. The van der Waals surface area contributed by atoms with Crippen LogP contribution in [-0.4, -0.2) is 57.4 Å². The number of benzene rings is 1. The van der Waals surface area contributed by atoms with Crippen LogP contribution >= 0.6 is 19.8 Å². The van der Waals surface area contributed by atoms with Gasteiger partial charge in [0.2, 0.25) is 5.60 Å². The average Bonchev–Trinajstić information content (AvgIpc) is 3.08. The van der Waals surface area contributed by atoms with Crippen LogP contribution in [0.4, 0.5) is 4.39 Å². The molecule has 0 saturated carbocycles.